The second-order valence-corrected chi connectivity index (χ2v) is 19.3. The highest BCUT2D eigenvalue weighted by molar-refractivity contribution is 6.75. The first-order valence-electron chi connectivity index (χ1n) is 8.62. The van der Waals surface area contributed by atoms with Crippen molar-refractivity contribution in [3.05, 3.63) is 0 Å². The summed E-state index contributed by atoms with van der Waals surface area (Å²) in [5.74, 6) is -0.545. The van der Waals surface area contributed by atoms with Crippen LogP contribution >= 0.6 is 11.6 Å². The lowest BCUT2D eigenvalue weighted by Gasteiger charge is -2.43. The Bertz CT molecular complexity index is 450. The van der Waals surface area contributed by atoms with Gasteiger partial charge < -0.3 is 13.6 Å². The molecule has 8 heteroatoms. The Kier molecular flexibility index (Phi) is 8.57. The lowest BCUT2D eigenvalue weighted by molar-refractivity contribution is -0.215. The van der Waals surface area contributed by atoms with Gasteiger partial charge in [0, 0.05) is 6.42 Å². The van der Waals surface area contributed by atoms with E-state index < -0.39 is 34.3 Å². The van der Waals surface area contributed by atoms with Gasteiger partial charge in [-0.3, -0.25) is 9.59 Å². The Labute approximate surface area is 160 Å². The first kappa shape index (κ1) is 24.8. The minimum Gasteiger partial charge on any atom is -0.412 e. The van der Waals surface area contributed by atoms with Crippen LogP contribution in [0.5, 0.6) is 0 Å². The molecule has 0 unspecified atom stereocenters. The third-order valence-electron chi connectivity index (χ3n) is 5.15. The van der Waals surface area contributed by atoms with E-state index in [-0.39, 0.29) is 22.9 Å². The number of hydrogen-bond donors (Lipinski definition) is 0. The van der Waals surface area contributed by atoms with Crippen LogP contribution < -0.4 is 0 Å². The van der Waals surface area contributed by atoms with Crippen LogP contribution in [-0.4, -0.2) is 34.3 Å². The summed E-state index contributed by atoms with van der Waals surface area (Å²) in [5, 5.41) is -0.676. The van der Waals surface area contributed by atoms with Crippen LogP contribution in [0, 0.1) is 0 Å². The fourth-order valence-electron chi connectivity index (χ4n) is 1.27. The number of rotatable bonds is 8. The van der Waals surface area contributed by atoms with E-state index in [1.165, 1.54) is 0 Å². The van der Waals surface area contributed by atoms with Crippen LogP contribution in [0.15, 0.2) is 0 Å². The van der Waals surface area contributed by atoms with Gasteiger partial charge in [0.1, 0.15) is 0 Å². The number of ether oxygens (including phenoxy) is 1. The second-order valence-electron chi connectivity index (χ2n) is 9.39. The van der Waals surface area contributed by atoms with Crippen LogP contribution in [0.3, 0.4) is 0 Å². The highest BCUT2D eigenvalue weighted by atomic mass is 35.5. The first-order chi connectivity index (χ1) is 10.9. The fourth-order valence-corrected chi connectivity index (χ4v) is 3.33. The molecule has 0 atom stereocenters. The molecule has 0 heterocycles. The molecular weight excluding hydrogens is 376 g/mol. The van der Waals surface area contributed by atoms with Crippen molar-refractivity contribution in [1.29, 1.82) is 0 Å². The van der Waals surface area contributed by atoms with Gasteiger partial charge >= 0.3 is 5.97 Å². The minimum absolute atomic E-state index is 0.0550. The molecule has 0 amide bonds. The number of carbonyl (C=O) groups is 2. The standard InChI is InChI=1S/C17H35ClO5Si2/c1-16(2,3)24(7,8)22-15(21-14(20)12-11-13(18)19)23-25(9,10)17(4,5)6/h15H,11-12H2,1-10H3. The molecule has 0 saturated carbocycles. The normalized spacial score (nSPS) is 13.9. The van der Waals surface area contributed by atoms with Gasteiger partial charge in [0.2, 0.25) is 5.24 Å². The summed E-state index contributed by atoms with van der Waals surface area (Å²) in [6.45, 7) is 19.9. The summed E-state index contributed by atoms with van der Waals surface area (Å²) in [6, 6.07) is 0. The second kappa shape index (κ2) is 8.65. The first-order valence-corrected chi connectivity index (χ1v) is 14.8. The van der Waals surface area contributed by atoms with Crippen molar-refractivity contribution in [2.24, 2.45) is 0 Å². The van der Waals surface area contributed by atoms with E-state index in [9.17, 15) is 9.59 Å². The molecule has 0 saturated heterocycles. The van der Waals surface area contributed by atoms with Crippen molar-refractivity contribution < 1.29 is 23.2 Å². The summed E-state index contributed by atoms with van der Waals surface area (Å²) in [4.78, 5) is 22.9. The molecule has 0 spiro atoms. The van der Waals surface area contributed by atoms with Crippen LogP contribution in [0.2, 0.25) is 36.3 Å². The van der Waals surface area contributed by atoms with E-state index in [0.717, 1.165) is 0 Å². The van der Waals surface area contributed by atoms with E-state index in [1.807, 2.05) is 0 Å². The number of esters is 1. The van der Waals surface area contributed by atoms with Gasteiger partial charge in [-0.15, -0.1) is 0 Å². The summed E-state index contributed by atoms with van der Waals surface area (Å²) in [7, 11) is -4.42. The van der Waals surface area contributed by atoms with E-state index in [0.29, 0.717) is 0 Å². The van der Waals surface area contributed by atoms with Gasteiger partial charge in [0.15, 0.2) is 16.6 Å². The van der Waals surface area contributed by atoms with Crippen molar-refractivity contribution in [3.8, 4) is 0 Å². The molecular formula is C17H35ClO5Si2. The van der Waals surface area contributed by atoms with E-state index >= 15 is 0 Å². The zero-order valence-corrected chi connectivity index (χ0v) is 20.2. The molecule has 148 valence electrons. The predicted octanol–water partition coefficient (Wildman–Crippen LogP) is 5.40. The molecule has 0 fully saturated rings. The van der Waals surface area contributed by atoms with Gasteiger partial charge in [-0.1, -0.05) is 41.5 Å². The Morgan fingerprint density at radius 2 is 1.20 bits per heavy atom. The third kappa shape index (κ3) is 8.34. The van der Waals surface area contributed by atoms with Crippen molar-refractivity contribution in [2.75, 3.05) is 0 Å². The Balaban J connectivity index is 5.32. The Hall–Kier alpha value is -0.216. The largest absolute Gasteiger partial charge is 0.412 e. The average molecular weight is 411 g/mol. The molecule has 0 aromatic rings. The molecule has 0 bridgehead atoms. The van der Waals surface area contributed by atoms with Crippen LogP contribution in [0.1, 0.15) is 54.4 Å². The molecule has 0 N–H and O–H groups in total. The quantitative estimate of drug-likeness (QED) is 0.232. The maximum atomic E-state index is 12.1. The van der Waals surface area contributed by atoms with E-state index in [2.05, 4.69) is 67.7 Å². The zero-order chi connectivity index (χ0) is 20.3. The van der Waals surface area contributed by atoms with Gasteiger partial charge in [-0.05, 0) is 47.9 Å². The third-order valence-corrected chi connectivity index (χ3v) is 14.1. The predicted molar refractivity (Wildman–Crippen MR) is 107 cm³/mol. The van der Waals surface area contributed by atoms with Gasteiger partial charge in [-0.25, -0.2) is 0 Å². The topological polar surface area (TPSA) is 61.8 Å². The highest BCUT2D eigenvalue weighted by Crippen LogP contribution is 2.41. The maximum Gasteiger partial charge on any atom is 0.310 e. The smallest absolute Gasteiger partial charge is 0.310 e. The van der Waals surface area contributed by atoms with Crippen LogP contribution in [-0.2, 0) is 23.2 Å². The molecule has 0 aliphatic carbocycles. The summed E-state index contributed by atoms with van der Waals surface area (Å²) < 4.78 is 17.8. The van der Waals surface area contributed by atoms with Crippen LogP contribution in [0.4, 0.5) is 0 Å². The molecule has 5 nitrogen and oxygen atoms in total. The Morgan fingerprint density at radius 1 is 0.840 bits per heavy atom. The average Bonchev–Trinajstić information content (AvgIpc) is 2.32. The number of carbonyl (C=O) groups excluding carboxylic acids is 2. The lowest BCUT2D eigenvalue weighted by Crippen LogP contribution is -2.51. The maximum absolute atomic E-state index is 12.1. The highest BCUT2D eigenvalue weighted by Gasteiger charge is 2.45. The SMILES string of the molecule is CC(C)(C)[Si](C)(C)OC(OC(=O)CCC(=O)Cl)O[Si](C)(C)C(C)(C)C. The van der Waals surface area contributed by atoms with Crippen molar-refractivity contribution >= 4 is 39.4 Å². The molecule has 0 aliphatic rings. The van der Waals surface area contributed by atoms with E-state index in [4.69, 9.17) is 25.2 Å². The molecule has 0 aromatic heterocycles. The molecule has 25 heavy (non-hydrogen) atoms. The van der Waals surface area contributed by atoms with E-state index in [1.54, 1.807) is 0 Å². The minimum atomic E-state index is -2.21. The van der Waals surface area contributed by atoms with Gasteiger partial charge in [0.25, 0.3) is 6.48 Å². The zero-order valence-electron chi connectivity index (χ0n) is 17.4. The monoisotopic (exact) mass is 410 g/mol. The number of hydrogen-bond acceptors (Lipinski definition) is 5. The summed E-state index contributed by atoms with van der Waals surface area (Å²) >= 11 is 5.30. The summed E-state index contributed by atoms with van der Waals surface area (Å²) in [6.07, 6.45) is -0.145. The van der Waals surface area contributed by atoms with Crippen LogP contribution in [0.25, 0.3) is 0 Å². The Morgan fingerprint density at radius 3 is 1.48 bits per heavy atom. The number of halogens is 1. The summed E-state index contributed by atoms with van der Waals surface area (Å²) in [5.41, 5.74) is 0. The van der Waals surface area contributed by atoms with Crippen molar-refractivity contribution in [1.82, 2.24) is 0 Å². The molecule has 0 aromatic carbocycles. The van der Waals surface area contributed by atoms with Gasteiger partial charge in [0.05, 0.1) is 6.42 Å². The van der Waals surface area contributed by atoms with Crippen molar-refractivity contribution in [2.45, 2.75) is 97.1 Å². The molecule has 0 rings (SSSR count). The van der Waals surface area contributed by atoms with Gasteiger partial charge in [-0.2, -0.15) is 0 Å². The molecule has 0 radical (unpaired) electrons. The van der Waals surface area contributed by atoms with Crippen molar-refractivity contribution in [3.63, 3.8) is 0 Å². The lowest BCUT2D eigenvalue weighted by atomic mass is 10.2. The molecule has 0 aliphatic heterocycles. The fraction of sp³-hybridized carbons (Fsp3) is 0.882.